The predicted octanol–water partition coefficient (Wildman–Crippen LogP) is 4.77. The number of amides is 3. The summed E-state index contributed by atoms with van der Waals surface area (Å²) in [4.78, 5) is 30.1. The van der Waals surface area contributed by atoms with E-state index in [2.05, 4.69) is 0 Å². The van der Waals surface area contributed by atoms with Crippen molar-refractivity contribution in [3.05, 3.63) is 64.1 Å². The molecule has 1 aliphatic carbocycles. The Bertz CT molecular complexity index is 968. The molecular formula is C23H24Cl2N2O4. The van der Waals surface area contributed by atoms with Gasteiger partial charge in [0.05, 0.1) is 23.8 Å². The number of anilines is 1. The second kappa shape index (κ2) is 9.17. The molecule has 0 N–H and O–H groups in total. The number of ether oxygens (including phenoxy) is 2. The molecule has 164 valence electrons. The molecule has 0 spiro atoms. The summed E-state index contributed by atoms with van der Waals surface area (Å²) in [5, 5.41) is 1.09. The van der Waals surface area contributed by atoms with E-state index in [1.807, 2.05) is 12.1 Å². The summed E-state index contributed by atoms with van der Waals surface area (Å²) < 4.78 is 11.2. The fourth-order valence-electron chi connectivity index (χ4n) is 4.57. The first kappa shape index (κ1) is 22.1. The third-order valence-corrected chi connectivity index (χ3v) is 6.64. The Morgan fingerprint density at radius 1 is 0.935 bits per heavy atom. The third kappa shape index (κ3) is 4.30. The van der Waals surface area contributed by atoms with Gasteiger partial charge in [-0.1, -0.05) is 41.4 Å². The molecule has 6 nitrogen and oxygen atoms in total. The van der Waals surface area contributed by atoms with E-state index in [0.29, 0.717) is 35.1 Å². The van der Waals surface area contributed by atoms with Crippen LogP contribution in [0.5, 0.6) is 0 Å². The third-order valence-electron chi connectivity index (χ3n) is 6.15. The first-order valence-electron chi connectivity index (χ1n) is 10.1. The van der Waals surface area contributed by atoms with Crippen molar-refractivity contribution < 1.29 is 19.1 Å². The van der Waals surface area contributed by atoms with Crippen LogP contribution in [0.15, 0.2) is 48.5 Å². The molecule has 4 atom stereocenters. The van der Waals surface area contributed by atoms with Crippen LogP contribution in [0.1, 0.15) is 18.4 Å². The van der Waals surface area contributed by atoms with Crippen molar-refractivity contribution in [2.24, 2.45) is 5.92 Å². The number of carbonyl (C=O) groups excluding carboxylic acids is 2. The number of hydrogen-bond donors (Lipinski definition) is 0. The van der Waals surface area contributed by atoms with E-state index in [9.17, 15) is 9.59 Å². The van der Waals surface area contributed by atoms with Crippen molar-refractivity contribution in [1.29, 1.82) is 0 Å². The average molecular weight is 463 g/mol. The Morgan fingerprint density at radius 3 is 2.26 bits per heavy atom. The van der Waals surface area contributed by atoms with Crippen molar-refractivity contribution in [3.63, 3.8) is 0 Å². The second-order valence-electron chi connectivity index (χ2n) is 7.88. The van der Waals surface area contributed by atoms with Gasteiger partial charge >= 0.3 is 6.03 Å². The first-order chi connectivity index (χ1) is 14.9. The van der Waals surface area contributed by atoms with Crippen molar-refractivity contribution in [2.45, 2.75) is 37.6 Å². The van der Waals surface area contributed by atoms with Gasteiger partial charge in [0.25, 0.3) is 0 Å². The molecule has 2 fully saturated rings. The summed E-state index contributed by atoms with van der Waals surface area (Å²) >= 11 is 12.2. The lowest BCUT2D eigenvalue weighted by Crippen LogP contribution is -2.65. The molecule has 31 heavy (non-hydrogen) atoms. The molecular weight excluding hydrogens is 439 g/mol. The number of fused-ring (bicyclic) bond motifs is 1. The van der Waals surface area contributed by atoms with Gasteiger partial charge in [-0.05, 0) is 48.7 Å². The molecule has 1 saturated carbocycles. The van der Waals surface area contributed by atoms with E-state index in [4.69, 9.17) is 32.7 Å². The van der Waals surface area contributed by atoms with Gasteiger partial charge in [-0.3, -0.25) is 4.79 Å². The minimum Gasteiger partial charge on any atom is -0.379 e. The molecule has 4 rings (SSSR count). The SMILES string of the molecule is COC1CC2C(=O)N(c3cccc(Cl)c3)C(=O)N(Cc3ccc(Cl)cc3)C2CC1OC. The highest BCUT2D eigenvalue weighted by Crippen LogP contribution is 2.39. The molecule has 1 saturated heterocycles. The fraction of sp³-hybridized carbons (Fsp3) is 0.391. The van der Waals surface area contributed by atoms with Crippen LogP contribution in [-0.2, 0) is 20.8 Å². The van der Waals surface area contributed by atoms with Crippen LogP contribution in [0.3, 0.4) is 0 Å². The molecule has 2 aliphatic rings. The fourth-order valence-corrected chi connectivity index (χ4v) is 4.88. The Kier molecular flexibility index (Phi) is 6.53. The lowest BCUT2D eigenvalue weighted by molar-refractivity contribution is -0.137. The number of methoxy groups -OCH3 is 2. The summed E-state index contributed by atoms with van der Waals surface area (Å²) in [5.41, 5.74) is 1.39. The Morgan fingerprint density at radius 2 is 1.61 bits per heavy atom. The molecule has 2 aromatic carbocycles. The largest absolute Gasteiger partial charge is 0.379 e. The Balaban J connectivity index is 1.73. The van der Waals surface area contributed by atoms with E-state index in [1.165, 1.54) is 4.90 Å². The highest BCUT2D eigenvalue weighted by molar-refractivity contribution is 6.31. The highest BCUT2D eigenvalue weighted by atomic mass is 35.5. The van der Waals surface area contributed by atoms with E-state index in [1.54, 1.807) is 55.5 Å². The number of benzene rings is 2. The number of nitrogens with zero attached hydrogens (tertiary/aromatic N) is 2. The zero-order chi connectivity index (χ0) is 22.1. The van der Waals surface area contributed by atoms with E-state index in [0.717, 1.165) is 5.56 Å². The number of halogens is 2. The zero-order valence-corrected chi connectivity index (χ0v) is 18.8. The second-order valence-corrected chi connectivity index (χ2v) is 8.76. The van der Waals surface area contributed by atoms with Crippen molar-refractivity contribution >= 4 is 40.8 Å². The van der Waals surface area contributed by atoms with Crippen molar-refractivity contribution in [2.75, 3.05) is 19.1 Å². The van der Waals surface area contributed by atoms with Gasteiger partial charge in [0, 0.05) is 36.9 Å². The maximum Gasteiger partial charge on any atom is 0.331 e. The minimum absolute atomic E-state index is 0.197. The van der Waals surface area contributed by atoms with Crippen LogP contribution in [0.2, 0.25) is 10.0 Å². The number of rotatable bonds is 5. The van der Waals surface area contributed by atoms with Crippen LogP contribution in [0, 0.1) is 5.92 Å². The zero-order valence-electron chi connectivity index (χ0n) is 17.3. The first-order valence-corrected chi connectivity index (χ1v) is 10.9. The van der Waals surface area contributed by atoms with Gasteiger partial charge in [-0.25, -0.2) is 9.69 Å². The smallest absolute Gasteiger partial charge is 0.331 e. The van der Waals surface area contributed by atoms with Crippen LogP contribution in [0.25, 0.3) is 0 Å². The van der Waals surface area contributed by atoms with Gasteiger partial charge < -0.3 is 14.4 Å². The van der Waals surface area contributed by atoms with Crippen LogP contribution in [0.4, 0.5) is 10.5 Å². The van der Waals surface area contributed by atoms with Crippen LogP contribution >= 0.6 is 23.2 Å². The van der Waals surface area contributed by atoms with E-state index < -0.39 is 5.92 Å². The monoisotopic (exact) mass is 462 g/mol. The lowest BCUT2D eigenvalue weighted by atomic mass is 9.77. The van der Waals surface area contributed by atoms with E-state index in [-0.39, 0.29) is 30.2 Å². The molecule has 0 aromatic heterocycles. The van der Waals surface area contributed by atoms with Crippen LogP contribution in [-0.4, -0.2) is 49.3 Å². The maximum absolute atomic E-state index is 13.6. The van der Waals surface area contributed by atoms with Gasteiger partial charge in [0.2, 0.25) is 5.91 Å². The Hall–Kier alpha value is -2.12. The van der Waals surface area contributed by atoms with Gasteiger partial charge in [0.1, 0.15) is 0 Å². The molecule has 0 bridgehead atoms. The Labute approximate surface area is 191 Å². The van der Waals surface area contributed by atoms with Crippen LogP contribution < -0.4 is 4.90 Å². The minimum atomic E-state index is -0.402. The number of urea groups is 1. The molecule has 4 unspecified atom stereocenters. The standard InChI is InChI=1S/C23H24Cl2N2O4/c1-30-20-11-18-19(12-21(20)31-2)26(13-14-6-8-15(24)9-7-14)23(29)27(22(18)28)17-5-3-4-16(25)10-17/h3-10,18-21H,11-13H2,1-2H3. The van der Waals surface area contributed by atoms with Gasteiger partial charge in [-0.2, -0.15) is 0 Å². The topological polar surface area (TPSA) is 59.1 Å². The normalized spacial score (nSPS) is 26.2. The van der Waals surface area contributed by atoms with Crippen molar-refractivity contribution in [3.8, 4) is 0 Å². The molecule has 1 aliphatic heterocycles. The van der Waals surface area contributed by atoms with Gasteiger partial charge in [0.15, 0.2) is 0 Å². The molecule has 1 heterocycles. The number of carbonyl (C=O) groups is 2. The summed E-state index contributed by atoms with van der Waals surface area (Å²) in [7, 11) is 3.25. The quantitative estimate of drug-likeness (QED) is 0.641. The molecule has 0 radical (unpaired) electrons. The molecule has 3 amide bonds. The summed E-state index contributed by atoms with van der Waals surface area (Å²) in [6.45, 7) is 0.357. The predicted molar refractivity (Wildman–Crippen MR) is 119 cm³/mol. The average Bonchev–Trinajstić information content (AvgIpc) is 2.77. The maximum atomic E-state index is 13.6. The molecule has 2 aromatic rings. The lowest BCUT2D eigenvalue weighted by Gasteiger charge is -2.49. The van der Waals surface area contributed by atoms with E-state index >= 15 is 0 Å². The number of hydrogen-bond acceptors (Lipinski definition) is 4. The highest BCUT2D eigenvalue weighted by Gasteiger charge is 2.52. The summed E-state index contributed by atoms with van der Waals surface area (Å²) in [6.07, 6.45) is 0.577. The van der Waals surface area contributed by atoms with Gasteiger partial charge in [-0.15, -0.1) is 0 Å². The molecule has 8 heteroatoms. The summed E-state index contributed by atoms with van der Waals surface area (Å²) in [5.74, 6) is -0.637. The summed E-state index contributed by atoms with van der Waals surface area (Å²) in [6, 6.07) is 13.5. The number of imide groups is 1. The van der Waals surface area contributed by atoms with Crippen molar-refractivity contribution in [1.82, 2.24) is 4.90 Å².